The van der Waals surface area contributed by atoms with Crippen LogP contribution in [0.2, 0.25) is 0 Å². The first kappa shape index (κ1) is 17.6. The maximum atomic E-state index is 13.0. The van der Waals surface area contributed by atoms with Gasteiger partial charge in [-0.25, -0.2) is 9.97 Å². The summed E-state index contributed by atoms with van der Waals surface area (Å²) < 4.78 is 0. The van der Waals surface area contributed by atoms with Crippen LogP contribution in [-0.4, -0.2) is 44.1 Å². The second-order valence-corrected chi connectivity index (χ2v) is 7.43. The van der Waals surface area contributed by atoms with Crippen LogP contribution in [0.15, 0.2) is 67.0 Å². The van der Waals surface area contributed by atoms with Crippen LogP contribution in [0.1, 0.15) is 35.1 Å². The zero-order valence-corrected chi connectivity index (χ0v) is 16.0. The Labute approximate surface area is 168 Å². The topological polar surface area (TPSA) is 74.8 Å². The fourth-order valence-corrected chi connectivity index (χ4v) is 3.99. The molecular formula is C23H21N5O. The van der Waals surface area contributed by atoms with E-state index in [0.717, 1.165) is 41.9 Å². The monoisotopic (exact) mass is 383 g/mol. The lowest BCUT2D eigenvalue weighted by atomic mass is 9.97. The zero-order valence-electron chi connectivity index (χ0n) is 16.0. The normalized spacial score (nSPS) is 16.8. The van der Waals surface area contributed by atoms with E-state index in [1.54, 1.807) is 12.4 Å². The van der Waals surface area contributed by atoms with Gasteiger partial charge in [-0.15, -0.1) is 0 Å². The average molecular weight is 383 g/mol. The number of carbonyl (C=O) groups is 1. The molecule has 6 heteroatoms. The van der Waals surface area contributed by atoms with E-state index in [1.807, 2.05) is 35.2 Å². The first-order chi connectivity index (χ1) is 14.3. The third kappa shape index (κ3) is 3.49. The SMILES string of the molecule is O=C(c1cc(-c2ccc3ccccc3c2)n[nH]1)N1CCCC(c2ncccn2)C1. The molecule has 4 aromatic rings. The van der Waals surface area contributed by atoms with Gasteiger partial charge in [0.2, 0.25) is 0 Å². The van der Waals surface area contributed by atoms with Crippen molar-refractivity contribution < 1.29 is 4.79 Å². The van der Waals surface area contributed by atoms with E-state index >= 15 is 0 Å². The van der Waals surface area contributed by atoms with Crippen LogP contribution >= 0.6 is 0 Å². The van der Waals surface area contributed by atoms with Crippen LogP contribution in [0.5, 0.6) is 0 Å². The van der Waals surface area contributed by atoms with Crippen LogP contribution < -0.4 is 0 Å². The molecule has 0 saturated carbocycles. The molecule has 1 saturated heterocycles. The molecule has 2 aromatic carbocycles. The van der Waals surface area contributed by atoms with Crippen molar-refractivity contribution in [3.63, 3.8) is 0 Å². The number of carbonyl (C=O) groups excluding carboxylic acids is 1. The Hall–Kier alpha value is -3.54. The number of H-pyrrole nitrogens is 1. The van der Waals surface area contributed by atoms with E-state index in [1.165, 1.54) is 5.39 Å². The number of hydrogen-bond acceptors (Lipinski definition) is 4. The van der Waals surface area contributed by atoms with Gasteiger partial charge in [0.1, 0.15) is 11.5 Å². The number of benzene rings is 2. The third-order valence-corrected chi connectivity index (χ3v) is 5.51. The van der Waals surface area contributed by atoms with E-state index in [2.05, 4.69) is 44.4 Å². The van der Waals surface area contributed by atoms with Crippen molar-refractivity contribution in [3.8, 4) is 11.3 Å². The van der Waals surface area contributed by atoms with Crippen LogP contribution in [-0.2, 0) is 0 Å². The number of piperidine rings is 1. The number of aromatic nitrogens is 4. The number of hydrogen-bond donors (Lipinski definition) is 1. The Morgan fingerprint density at radius 2 is 1.83 bits per heavy atom. The van der Waals surface area contributed by atoms with Crippen molar-refractivity contribution in [2.24, 2.45) is 0 Å². The predicted molar refractivity (Wildman–Crippen MR) is 111 cm³/mol. The van der Waals surface area contributed by atoms with Gasteiger partial charge in [-0.05, 0) is 41.8 Å². The highest BCUT2D eigenvalue weighted by molar-refractivity contribution is 5.94. The summed E-state index contributed by atoms with van der Waals surface area (Å²) in [5.41, 5.74) is 2.29. The molecule has 1 amide bonds. The molecule has 3 heterocycles. The molecule has 1 unspecified atom stereocenters. The molecule has 1 aliphatic rings. The second kappa shape index (κ2) is 7.47. The molecule has 1 fully saturated rings. The van der Waals surface area contributed by atoms with Gasteiger partial charge in [0.15, 0.2) is 0 Å². The minimum Gasteiger partial charge on any atom is -0.337 e. The predicted octanol–water partition coefficient (Wildman–Crippen LogP) is 4.04. The highest BCUT2D eigenvalue weighted by Gasteiger charge is 2.28. The lowest BCUT2D eigenvalue weighted by Gasteiger charge is -2.31. The van der Waals surface area contributed by atoms with E-state index < -0.39 is 0 Å². The Morgan fingerprint density at radius 1 is 1.00 bits per heavy atom. The largest absolute Gasteiger partial charge is 0.337 e. The smallest absolute Gasteiger partial charge is 0.271 e. The summed E-state index contributed by atoms with van der Waals surface area (Å²) in [4.78, 5) is 23.7. The maximum absolute atomic E-state index is 13.0. The summed E-state index contributed by atoms with van der Waals surface area (Å²) >= 11 is 0. The molecule has 5 rings (SSSR count). The molecule has 1 N–H and O–H groups in total. The quantitative estimate of drug-likeness (QED) is 0.579. The van der Waals surface area contributed by atoms with Crippen molar-refractivity contribution in [1.82, 2.24) is 25.1 Å². The fraction of sp³-hybridized carbons (Fsp3) is 0.217. The minimum atomic E-state index is -0.0230. The lowest BCUT2D eigenvalue weighted by molar-refractivity contribution is 0.0698. The first-order valence-electron chi connectivity index (χ1n) is 9.89. The molecule has 1 aliphatic heterocycles. The van der Waals surface area contributed by atoms with Crippen LogP contribution in [0, 0.1) is 0 Å². The molecular weight excluding hydrogens is 362 g/mol. The molecule has 0 radical (unpaired) electrons. The van der Waals surface area contributed by atoms with Gasteiger partial charge in [-0.2, -0.15) is 5.10 Å². The molecule has 0 bridgehead atoms. The summed E-state index contributed by atoms with van der Waals surface area (Å²) in [5.74, 6) is 0.966. The van der Waals surface area contributed by atoms with Gasteiger partial charge in [0.25, 0.3) is 5.91 Å². The summed E-state index contributed by atoms with van der Waals surface area (Å²) in [5, 5.41) is 9.66. The molecule has 1 atom stereocenters. The van der Waals surface area contributed by atoms with Gasteiger partial charge in [0.05, 0.1) is 5.69 Å². The standard InChI is InChI=1S/C23H21N5O/c29-23(28-12-3-7-19(15-28)22-24-10-4-11-25-22)21-14-20(26-27-21)18-9-8-16-5-1-2-6-17(16)13-18/h1-2,4-6,8-11,13-14,19H,3,7,12,15H2,(H,26,27). The summed E-state index contributed by atoms with van der Waals surface area (Å²) in [6.45, 7) is 1.37. The molecule has 0 spiro atoms. The Bertz CT molecular complexity index is 1150. The number of likely N-dealkylation sites (tertiary alicyclic amines) is 1. The molecule has 29 heavy (non-hydrogen) atoms. The van der Waals surface area contributed by atoms with Crippen molar-refractivity contribution in [2.75, 3.05) is 13.1 Å². The molecule has 144 valence electrons. The molecule has 0 aliphatic carbocycles. The minimum absolute atomic E-state index is 0.0230. The van der Waals surface area contributed by atoms with Crippen LogP contribution in [0.25, 0.3) is 22.0 Å². The number of rotatable bonds is 3. The van der Waals surface area contributed by atoms with Crippen molar-refractivity contribution in [3.05, 3.63) is 78.5 Å². The Kier molecular flexibility index (Phi) is 4.52. The van der Waals surface area contributed by atoms with Crippen LogP contribution in [0.3, 0.4) is 0 Å². The summed E-state index contributed by atoms with van der Waals surface area (Å²) in [6.07, 6.45) is 5.46. The number of fused-ring (bicyclic) bond motifs is 1. The van der Waals surface area contributed by atoms with Crippen molar-refractivity contribution >= 4 is 16.7 Å². The van der Waals surface area contributed by atoms with Crippen LogP contribution in [0.4, 0.5) is 0 Å². The number of nitrogens with zero attached hydrogens (tertiary/aromatic N) is 4. The Balaban J connectivity index is 1.36. The number of amides is 1. The van der Waals surface area contributed by atoms with E-state index in [0.29, 0.717) is 12.2 Å². The first-order valence-corrected chi connectivity index (χ1v) is 9.89. The van der Waals surface area contributed by atoms with E-state index in [-0.39, 0.29) is 11.8 Å². The van der Waals surface area contributed by atoms with Gasteiger partial charge in [-0.1, -0.05) is 36.4 Å². The van der Waals surface area contributed by atoms with Gasteiger partial charge < -0.3 is 4.90 Å². The Morgan fingerprint density at radius 3 is 2.69 bits per heavy atom. The van der Waals surface area contributed by atoms with E-state index in [9.17, 15) is 4.79 Å². The lowest BCUT2D eigenvalue weighted by Crippen LogP contribution is -2.39. The summed E-state index contributed by atoms with van der Waals surface area (Å²) in [6, 6.07) is 18.1. The van der Waals surface area contributed by atoms with Gasteiger partial charge in [0, 0.05) is 37.0 Å². The second-order valence-electron chi connectivity index (χ2n) is 7.43. The zero-order chi connectivity index (χ0) is 19.6. The fourth-order valence-electron chi connectivity index (χ4n) is 3.99. The van der Waals surface area contributed by atoms with Crippen molar-refractivity contribution in [2.45, 2.75) is 18.8 Å². The van der Waals surface area contributed by atoms with Gasteiger partial charge >= 0.3 is 0 Å². The third-order valence-electron chi connectivity index (χ3n) is 5.51. The molecule has 2 aromatic heterocycles. The molecule has 6 nitrogen and oxygen atoms in total. The maximum Gasteiger partial charge on any atom is 0.271 e. The average Bonchev–Trinajstić information content (AvgIpc) is 3.29. The van der Waals surface area contributed by atoms with E-state index in [4.69, 9.17) is 0 Å². The number of aromatic amines is 1. The highest BCUT2D eigenvalue weighted by atomic mass is 16.2. The summed E-state index contributed by atoms with van der Waals surface area (Å²) in [7, 11) is 0. The number of nitrogens with one attached hydrogen (secondary N) is 1. The van der Waals surface area contributed by atoms with Gasteiger partial charge in [-0.3, -0.25) is 9.89 Å². The highest BCUT2D eigenvalue weighted by Crippen LogP contribution is 2.27. The van der Waals surface area contributed by atoms with Crippen molar-refractivity contribution in [1.29, 1.82) is 0 Å².